The van der Waals surface area contributed by atoms with Crippen molar-refractivity contribution in [2.75, 3.05) is 0 Å². The van der Waals surface area contributed by atoms with E-state index in [2.05, 4.69) is 0 Å². The maximum absolute atomic E-state index is 14.6. The van der Waals surface area contributed by atoms with Gasteiger partial charge in [-0.3, -0.25) is 4.79 Å². The minimum absolute atomic E-state index is 0.171. The van der Waals surface area contributed by atoms with Gasteiger partial charge in [0, 0.05) is 5.56 Å². The molecule has 0 radical (unpaired) electrons. The van der Waals surface area contributed by atoms with Crippen LogP contribution in [0.1, 0.15) is 46.0 Å². The number of esters is 1. The van der Waals surface area contributed by atoms with Crippen molar-refractivity contribution in [2.24, 2.45) is 0 Å². The summed E-state index contributed by atoms with van der Waals surface area (Å²) in [4.78, 5) is 24.2. The van der Waals surface area contributed by atoms with E-state index < -0.39 is 40.7 Å². The van der Waals surface area contributed by atoms with Gasteiger partial charge in [0.15, 0.2) is 6.10 Å². The maximum atomic E-state index is 14.6. The summed E-state index contributed by atoms with van der Waals surface area (Å²) in [6.07, 6.45) is -0.112. The fourth-order valence-corrected chi connectivity index (χ4v) is 3.59. The van der Waals surface area contributed by atoms with Crippen molar-refractivity contribution in [2.45, 2.75) is 24.4 Å². The Morgan fingerprint density at radius 2 is 1.40 bits per heavy atom. The molecule has 1 N–H and O–H groups in total. The SMILES string of the molecule is O=C(O)c1cc(F)c(C2(C(=O)OC(c3ccccc3)c3ccccc3)CC2)cc1F. The zero-order valence-electron chi connectivity index (χ0n) is 15.8. The summed E-state index contributed by atoms with van der Waals surface area (Å²) in [6, 6.07) is 19.7. The van der Waals surface area contributed by atoms with E-state index in [4.69, 9.17) is 9.84 Å². The second-order valence-corrected chi connectivity index (χ2v) is 7.31. The number of benzene rings is 3. The number of carboxylic acid groups (broad SMARTS) is 1. The Labute approximate surface area is 171 Å². The van der Waals surface area contributed by atoms with Crippen LogP contribution in [-0.4, -0.2) is 17.0 Å². The Morgan fingerprint density at radius 1 is 0.867 bits per heavy atom. The lowest BCUT2D eigenvalue weighted by Crippen LogP contribution is -2.27. The first-order valence-corrected chi connectivity index (χ1v) is 9.46. The Bertz CT molecular complexity index is 1050. The highest BCUT2D eigenvalue weighted by Crippen LogP contribution is 2.51. The molecule has 0 spiro atoms. The van der Waals surface area contributed by atoms with Crippen LogP contribution in [0.2, 0.25) is 0 Å². The average molecular weight is 408 g/mol. The van der Waals surface area contributed by atoms with E-state index in [1.807, 2.05) is 60.7 Å². The monoisotopic (exact) mass is 408 g/mol. The third-order valence-electron chi connectivity index (χ3n) is 5.37. The van der Waals surface area contributed by atoms with Crippen LogP contribution in [0.5, 0.6) is 0 Å². The van der Waals surface area contributed by atoms with Gasteiger partial charge in [0.25, 0.3) is 0 Å². The van der Waals surface area contributed by atoms with E-state index in [0.29, 0.717) is 18.9 Å². The number of ether oxygens (including phenoxy) is 1. The van der Waals surface area contributed by atoms with Crippen molar-refractivity contribution in [1.29, 1.82) is 0 Å². The standard InChI is InChI=1S/C24H18F2O4/c25-19-14-18(20(26)13-17(19)22(27)28)24(11-12-24)23(29)30-21(15-7-3-1-4-8-15)16-9-5-2-6-10-16/h1-10,13-14,21H,11-12H2,(H,27,28). The molecule has 0 amide bonds. The van der Waals surface area contributed by atoms with Gasteiger partial charge in [-0.1, -0.05) is 60.7 Å². The van der Waals surface area contributed by atoms with Gasteiger partial charge in [-0.25, -0.2) is 13.6 Å². The summed E-state index contributed by atoms with van der Waals surface area (Å²) in [7, 11) is 0. The van der Waals surface area contributed by atoms with Crippen molar-refractivity contribution in [1.82, 2.24) is 0 Å². The fraction of sp³-hybridized carbons (Fsp3) is 0.167. The third kappa shape index (κ3) is 3.56. The van der Waals surface area contributed by atoms with Crippen LogP contribution in [0, 0.1) is 11.6 Å². The summed E-state index contributed by atoms with van der Waals surface area (Å²) in [5.41, 5.74) is -0.757. The molecule has 4 nitrogen and oxygen atoms in total. The first-order chi connectivity index (χ1) is 14.4. The molecular weight excluding hydrogens is 390 g/mol. The smallest absolute Gasteiger partial charge is 0.338 e. The van der Waals surface area contributed by atoms with E-state index in [0.717, 1.165) is 17.2 Å². The maximum Gasteiger partial charge on any atom is 0.338 e. The van der Waals surface area contributed by atoms with Crippen LogP contribution >= 0.6 is 0 Å². The van der Waals surface area contributed by atoms with Crippen molar-refractivity contribution >= 4 is 11.9 Å². The lowest BCUT2D eigenvalue weighted by atomic mass is 9.93. The highest BCUT2D eigenvalue weighted by Gasteiger charge is 2.55. The average Bonchev–Trinajstić information content (AvgIpc) is 3.56. The van der Waals surface area contributed by atoms with E-state index in [-0.39, 0.29) is 5.56 Å². The number of hydrogen-bond donors (Lipinski definition) is 1. The molecular formula is C24H18F2O4. The lowest BCUT2D eigenvalue weighted by Gasteiger charge is -2.23. The second kappa shape index (κ2) is 7.71. The van der Waals surface area contributed by atoms with Gasteiger partial charge < -0.3 is 9.84 Å². The zero-order valence-corrected chi connectivity index (χ0v) is 15.8. The number of carboxylic acids is 1. The van der Waals surface area contributed by atoms with Crippen LogP contribution in [0.25, 0.3) is 0 Å². The summed E-state index contributed by atoms with van der Waals surface area (Å²) in [5.74, 6) is -4.25. The summed E-state index contributed by atoms with van der Waals surface area (Å²) in [5, 5.41) is 8.98. The number of halogens is 2. The predicted octanol–water partition coefficient (Wildman–Crippen LogP) is 5.03. The van der Waals surface area contributed by atoms with E-state index in [9.17, 15) is 18.4 Å². The predicted molar refractivity (Wildman–Crippen MR) is 105 cm³/mol. The van der Waals surface area contributed by atoms with Gasteiger partial charge >= 0.3 is 11.9 Å². The van der Waals surface area contributed by atoms with Crippen molar-refractivity contribution in [3.8, 4) is 0 Å². The summed E-state index contributed by atoms with van der Waals surface area (Å²) in [6.45, 7) is 0. The molecule has 0 unspecified atom stereocenters. The zero-order chi connectivity index (χ0) is 21.3. The quantitative estimate of drug-likeness (QED) is 0.581. The Kier molecular flexibility index (Phi) is 5.08. The van der Waals surface area contributed by atoms with Gasteiger partial charge in [0.2, 0.25) is 0 Å². The van der Waals surface area contributed by atoms with Crippen LogP contribution in [0.15, 0.2) is 72.8 Å². The Morgan fingerprint density at radius 3 is 1.87 bits per heavy atom. The summed E-state index contributed by atoms with van der Waals surface area (Å²) >= 11 is 0. The third-order valence-corrected chi connectivity index (χ3v) is 5.37. The molecule has 0 aromatic heterocycles. The molecule has 0 aliphatic heterocycles. The minimum atomic E-state index is -1.57. The van der Waals surface area contributed by atoms with Gasteiger partial charge in [-0.2, -0.15) is 0 Å². The first-order valence-electron chi connectivity index (χ1n) is 9.46. The van der Waals surface area contributed by atoms with Crippen molar-refractivity contribution < 1.29 is 28.2 Å². The van der Waals surface area contributed by atoms with Gasteiger partial charge in [-0.15, -0.1) is 0 Å². The molecule has 1 saturated carbocycles. The summed E-state index contributed by atoms with van der Waals surface area (Å²) < 4.78 is 34.7. The molecule has 0 atom stereocenters. The molecule has 0 heterocycles. The molecule has 1 aliphatic rings. The van der Waals surface area contributed by atoms with Crippen LogP contribution in [0.4, 0.5) is 8.78 Å². The largest absolute Gasteiger partial charge is 0.478 e. The van der Waals surface area contributed by atoms with E-state index in [1.165, 1.54) is 0 Å². The molecule has 0 bridgehead atoms. The molecule has 3 aromatic rings. The number of rotatable bonds is 6. The molecule has 6 heteroatoms. The fourth-order valence-electron chi connectivity index (χ4n) is 3.59. The van der Waals surface area contributed by atoms with Crippen LogP contribution in [-0.2, 0) is 14.9 Å². The lowest BCUT2D eigenvalue weighted by molar-refractivity contribution is -0.150. The topological polar surface area (TPSA) is 63.6 Å². The number of hydrogen-bond acceptors (Lipinski definition) is 3. The van der Waals surface area contributed by atoms with Crippen LogP contribution in [0.3, 0.4) is 0 Å². The second-order valence-electron chi connectivity index (χ2n) is 7.31. The highest BCUT2D eigenvalue weighted by atomic mass is 19.1. The Balaban J connectivity index is 1.68. The normalized spacial score (nSPS) is 14.4. The first kappa shape index (κ1) is 19.8. The number of aromatic carboxylic acids is 1. The number of carbonyl (C=O) groups is 2. The number of carbonyl (C=O) groups excluding carboxylic acids is 1. The van der Waals surface area contributed by atoms with Gasteiger partial charge in [0.05, 0.1) is 11.0 Å². The van der Waals surface area contributed by atoms with Crippen LogP contribution < -0.4 is 0 Å². The molecule has 1 fully saturated rings. The van der Waals surface area contributed by atoms with E-state index in [1.54, 1.807) is 0 Å². The molecule has 3 aromatic carbocycles. The molecule has 0 saturated heterocycles. The van der Waals surface area contributed by atoms with E-state index >= 15 is 0 Å². The van der Waals surface area contributed by atoms with Gasteiger partial charge in [0.1, 0.15) is 11.6 Å². The molecule has 152 valence electrons. The molecule has 1 aliphatic carbocycles. The van der Waals surface area contributed by atoms with Gasteiger partial charge in [-0.05, 0) is 36.1 Å². The Hall–Kier alpha value is -3.54. The molecule has 30 heavy (non-hydrogen) atoms. The molecule has 4 rings (SSSR count). The highest BCUT2D eigenvalue weighted by molar-refractivity contribution is 5.90. The van der Waals surface area contributed by atoms with Crippen molar-refractivity contribution in [3.05, 3.63) is 107 Å². The minimum Gasteiger partial charge on any atom is -0.478 e. The van der Waals surface area contributed by atoms with Crippen molar-refractivity contribution in [3.63, 3.8) is 0 Å².